The van der Waals surface area contributed by atoms with E-state index in [0.29, 0.717) is 5.58 Å². The number of methoxy groups -OCH3 is 1. The summed E-state index contributed by atoms with van der Waals surface area (Å²) < 4.78 is 10.9. The second-order valence-electron chi connectivity index (χ2n) is 6.90. The summed E-state index contributed by atoms with van der Waals surface area (Å²) in [5.41, 5.74) is 4.96. The van der Waals surface area contributed by atoms with Gasteiger partial charge in [-0.2, -0.15) is 0 Å². The lowest BCUT2D eigenvalue weighted by Crippen LogP contribution is -3.06. The van der Waals surface area contributed by atoms with Crippen LogP contribution in [0.5, 0.6) is 5.75 Å². The van der Waals surface area contributed by atoms with Gasteiger partial charge in [0.15, 0.2) is 0 Å². The van der Waals surface area contributed by atoms with Crippen LogP contribution >= 0.6 is 0 Å². The molecule has 3 aromatic rings. The topological polar surface area (TPSA) is 43.9 Å². The van der Waals surface area contributed by atoms with Crippen molar-refractivity contribution >= 4 is 11.0 Å². The van der Waals surface area contributed by atoms with Crippen molar-refractivity contribution in [1.29, 1.82) is 0 Å². The molecule has 0 amide bonds. The first-order valence-electron chi connectivity index (χ1n) is 9.00. The minimum Gasteiger partial charge on any atom is -0.496 e. The molecule has 1 N–H and O–H groups in total. The minimum absolute atomic E-state index is 0.290. The predicted molar refractivity (Wildman–Crippen MR) is 104 cm³/mol. The van der Waals surface area contributed by atoms with E-state index in [0.717, 1.165) is 36.2 Å². The Hall–Kier alpha value is -2.59. The predicted octanol–water partition coefficient (Wildman–Crippen LogP) is 2.89. The number of quaternary nitrogens is 1. The Balaban J connectivity index is 1.89. The maximum absolute atomic E-state index is 12.0. The molecule has 26 heavy (non-hydrogen) atoms. The van der Waals surface area contributed by atoms with Gasteiger partial charge in [-0.05, 0) is 37.1 Å². The van der Waals surface area contributed by atoms with Crippen LogP contribution in [-0.2, 0) is 19.5 Å². The van der Waals surface area contributed by atoms with Gasteiger partial charge in [-0.25, -0.2) is 4.79 Å². The van der Waals surface area contributed by atoms with Crippen LogP contribution in [0.1, 0.15) is 29.2 Å². The van der Waals surface area contributed by atoms with E-state index < -0.39 is 0 Å². The Bertz CT molecular complexity index is 975. The summed E-state index contributed by atoms with van der Waals surface area (Å²) in [5, 5.41) is 1.01. The van der Waals surface area contributed by atoms with Crippen molar-refractivity contribution in [3.05, 3.63) is 75.1 Å². The Morgan fingerprint density at radius 1 is 1.04 bits per heavy atom. The highest BCUT2D eigenvalue weighted by Gasteiger charge is 2.14. The highest BCUT2D eigenvalue weighted by atomic mass is 16.5. The lowest BCUT2D eigenvalue weighted by molar-refractivity contribution is -0.907. The zero-order valence-electron chi connectivity index (χ0n) is 15.9. The maximum atomic E-state index is 12.0. The SMILES string of the molecule is CCc1ccc2c(C[NH+](C)Cc3cc(C)ccc3OC)cc(=O)oc2c1. The Labute approximate surface area is 154 Å². The molecule has 136 valence electrons. The highest BCUT2D eigenvalue weighted by molar-refractivity contribution is 5.80. The van der Waals surface area contributed by atoms with Crippen molar-refractivity contribution < 1.29 is 14.1 Å². The maximum Gasteiger partial charge on any atom is 0.336 e. The largest absolute Gasteiger partial charge is 0.496 e. The normalized spacial score (nSPS) is 12.3. The van der Waals surface area contributed by atoms with E-state index in [2.05, 4.69) is 45.2 Å². The smallest absolute Gasteiger partial charge is 0.336 e. The van der Waals surface area contributed by atoms with Crippen molar-refractivity contribution in [2.45, 2.75) is 33.4 Å². The van der Waals surface area contributed by atoms with E-state index >= 15 is 0 Å². The van der Waals surface area contributed by atoms with Crippen LogP contribution in [0.4, 0.5) is 0 Å². The first kappa shape index (κ1) is 18.2. The Kier molecular flexibility index (Phi) is 5.43. The molecule has 0 saturated carbocycles. The second kappa shape index (κ2) is 7.75. The van der Waals surface area contributed by atoms with Gasteiger partial charge in [-0.3, -0.25) is 0 Å². The summed E-state index contributed by atoms with van der Waals surface area (Å²) in [7, 11) is 3.83. The monoisotopic (exact) mass is 352 g/mol. The molecule has 1 heterocycles. The van der Waals surface area contributed by atoms with Crippen molar-refractivity contribution in [2.75, 3.05) is 14.2 Å². The van der Waals surface area contributed by atoms with E-state index in [1.165, 1.54) is 21.6 Å². The van der Waals surface area contributed by atoms with Crippen LogP contribution in [-0.4, -0.2) is 14.2 Å². The van der Waals surface area contributed by atoms with Gasteiger partial charge < -0.3 is 14.1 Å². The molecule has 0 bridgehead atoms. The quantitative estimate of drug-likeness (QED) is 0.694. The molecule has 1 atom stereocenters. The Morgan fingerprint density at radius 2 is 1.81 bits per heavy atom. The van der Waals surface area contributed by atoms with E-state index in [9.17, 15) is 4.79 Å². The number of ether oxygens (including phenoxy) is 1. The number of fused-ring (bicyclic) bond motifs is 1. The van der Waals surface area contributed by atoms with Gasteiger partial charge in [0.05, 0.1) is 14.2 Å². The third-order valence-corrected chi connectivity index (χ3v) is 4.72. The second-order valence-corrected chi connectivity index (χ2v) is 6.90. The number of benzene rings is 2. The average Bonchev–Trinajstić information content (AvgIpc) is 2.61. The lowest BCUT2D eigenvalue weighted by Gasteiger charge is -2.17. The molecule has 1 unspecified atom stereocenters. The molecule has 0 aliphatic heterocycles. The van der Waals surface area contributed by atoms with E-state index in [4.69, 9.17) is 9.15 Å². The third-order valence-electron chi connectivity index (χ3n) is 4.72. The molecule has 0 radical (unpaired) electrons. The number of nitrogens with one attached hydrogen (secondary N) is 1. The summed E-state index contributed by atoms with van der Waals surface area (Å²) in [4.78, 5) is 13.3. The number of hydrogen-bond donors (Lipinski definition) is 1. The fraction of sp³-hybridized carbons (Fsp3) is 0.318. The molecule has 3 rings (SSSR count). The van der Waals surface area contributed by atoms with Crippen LogP contribution in [0.25, 0.3) is 11.0 Å². The van der Waals surface area contributed by atoms with Gasteiger partial charge in [-0.1, -0.05) is 30.7 Å². The number of rotatable bonds is 6. The molecule has 4 heteroatoms. The van der Waals surface area contributed by atoms with E-state index in [-0.39, 0.29) is 5.63 Å². The van der Waals surface area contributed by atoms with Gasteiger partial charge in [-0.15, -0.1) is 0 Å². The standard InChI is InChI=1S/C22H25NO3/c1-5-16-7-8-19-17(12-22(24)26-21(19)11-16)13-23(3)14-18-10-15(2)6-9-20(18)25-4/h6-12H,5,13-14H2,1-4H3/p+1. The van der Waals surface area contributed by atoms with Gasteiger partial charge in [0.2, 0.25) is 0 Å². The Morgan fingerprint density at radius 3 is 2.54 bits per heavy atom. The van der Waals surface area contributed by atoms with Crippen LogP contribution in [0, 0.1) is 6.92 Å². The summed E-state index contributed by atoms with van der Waals surface area (Å²) in [6.07, 6.45) is 0.919. The summed E-state index contributed by atoms with van der Waals surface area (Å²) in [6.45, 7) is 5.74. The number of aryl methyl sites for hydroxylation is 2. The van der Waals surface area contributed by atoms with Crippen LogP contribution in [0.3, 0.4) is 0 Å². The molecule has 0 aliphatic carbocycles. The van der Waals surface area contributed by atoms with Crippen LogP contribution in [0.2, 0.25) is 0 Å². The molecule has 1 aromatic heterocycles. The van der Waals surface area contributed by atoms with E-state index in [1.54, 1.807) is 13.2 Å². The summed E-state index contributed by atoms with van der Waals surface area (Å²) >= 11 is 0. The fourth-order valence-corrected chi connectivity index (χ4v) is 3.40. The summed E-state index contributed by atoms with van der Waals surface area (Å²) in [5.74, 6) is 0.903. The zero-order chi connectivity index (χ0) is 18.7. The van der Waals surface area contributed by atoms with Gasteiger partial charge in [0.25, 0.3) is 0 Å². The molecule has 0 fully saturated rings. The summed E-state index contributed by atoms with van der Waals surface area (Å²) in [6, 6.07) is 14.0. The van der Waals surface area contributed by atoms with Crippen LogP contribution in [0.15, 0.2) is 51.7 Å². The average molecular weight is 352 g/mol. The van der Waals surface area contributed by atoms with Crippen molar-refractivity contribution in [1.82, 2.24) is 0 Å². The molecule has 4 nitrogen and oxygen atoms in total. The molecule has 0 saturated heterocycles. The van der Waals surface area contributed by atoms with Crippen molar-refractivity contribution in [3.8, 4) is 5.75 Å². The van der Waals surface area contributed by atoms with Crippen LogP contribution < -0.4 is 15.3 Å². The third kappa shape index (κ3) is 3.97. The molecule has 0 spiro atoms. The molecule has 0 aliphatic rings. The fourth-order valence-electron chi connectivity index (χ4n) is 3.40. The van der Waals surface area contributed by atoms with Gasteiger partial charge in [0.1, 0.15) is 24.4 Å². The molecular weight excluding hydrogens is 326 g/mol. The first-order chi connectivity index (χ1) is 12.5. The van der Waals surface area contributed by atoms with Crippen molar-refractivity contribution in [3.63, 3.8) is 0 Å². The van der Waals surface area contributed by atoms with Crippen molar-refractivity contribution in [2.24, 2.45) is 0 Å². The minimum atomic E-state index is -0.290. The number of hydrogen-bond acceptors (Lipinski definition) is 3. The van der Waals surface area contributed by atoms with Gasteiger partial charge >= 0.3 is 5.63 Å². The molecule has 2 aromatic carbocycles. The molecular formula is C22H26NO3+. The first-order valence-corrected chi connectivity index (χ1v) is 9.00. The van der Waals surface area contributed by atoms with Gasteiger partial charge in [0, 0.05) is 22.6 Å². The zero-order valence-corrected chi connectivity index (χ0v) is 15.9. The highest BCUT2D eigenvalue weighted by Crippen LogP contribution is 2.20. The van der Waals surface area contributed by atoms with E-state index in [1.807, 2.05) is 12.1 Å². The lowest BCUT2D eigenvalue weighted by atomic mass is 10.1.